The van der Waals surface area contributed by atoms with Gasteiger partial charge in [0.1, 0.15) is 6.42 Å². The fourth-order valence-electron chi connectivity index (χ4n) is 0.889. The lowest BCUT2D eigenvalue weighted by molar-refractivity contribution is -0.115. The zero-order chi connectivity index (χ0) is 11.4. The normalized spacial score (nSPS) is 9.47. The average molecular weight is 336 g/mol. The summed E-state index contributed by atoms with van der Waals surface area (Å²) < 4.78 is 14.3. The first-order valence-electron chi connectivity index (χ1n) is 3.86. The van der Waals surface area contributed by atoms with Crippen LogP contribution in [-0.2, 0) is 4.79 Å². The number of hydrogen-bond donors (Lipinski definition) is 1. The number of anilines is 1. The molecule has 0 unspecified atom stereocenters. The Morgan fingerprint density at radius 2 is 2.20 bits per heavy atom. The highest BCUT2D eigenvalue weighted by Crippen LogP contribution is 2.30. The minimum absolute atomic E-state index is 0.0466. The molecule has 0 aliphatic rings. The van der Waals surface area contributed by atoms with E-state index in [0.29, 0.717) is 4.47 Å². The largest absolute Gasteiger partial charge is 0.323 e. The lowest BCUT2D eigenvalue weighted by Gasteiger charge is -2.06. The van der Waals surface area contributed by atoms with Crippen LogP contribution in [0.1, 0.15) is 6.42 Å². The monoisotopic (exact) mass is 334 g/mol. The minimum atomic E-state index is -0.573. The number of nitrogens with one attached hydrogen (secondary N) is 1. The van der Waals surface area contributed by atoms with Gasteiger partial charge in [-0.15, -0.1) is 0 Å². The lowest BCUT2D eigenvalue weighted by atomic mass is 10.3. The van der Waals surface area contributed by atoms with Crippen LogP contribution in [0.25, 0.3) is 0 Å². The molecule has 0 atom stereocenters. The first-order valence-corrected chi connectivity index (χ1v) is 5.45. The van der Waals surface area contributed by atoms with Crippen molar-refractivity contribution in [2.45, 2.75) is 6.42 Å². The standard InChI is InChI=1S/C9H5Br2FN2O/c10-5-1-2-6(9(12)8(5)11)14-7(15)3-4-13/h1-2H,3H2,(H,14,15). The average Bonchev–Trinajstić information content (AvgIpc) is 2.20. The van der Waals surface area contributed by atoms with Crippen molar-refractivity contribution in [1.82, 2.24) is 0 Å². The molecule has 0 fully saturated rings. The quantitative estimate of drug-likeness (QED) is 0.844. The topological polar surface area (TPSA) is 52.9 Å². The molecule has 0 aliphatic heterocycles. The summed E-state index contributed by atoms with van der Waals surface area (Å²) in [6.07, 6.45) is -0.298. The number of nitriles is 1. The molecular weight excluding hydrogens is 331 g/mol. The van der Waals surface area contributed by atoms with E-state index in [1.807, 2.05) is 0 Å². The Balaban J connectivity index is 2.93. The van der Waals surface area contributed by atoms with E-state index < -0.39 is 11.7 Å². The Hall–Kier alpha value is -0.930. The molecule has 1 amide bonds. The third-order valence-electron chi connectivity index (χ3n) is 1.55. The van der Waals surface area contributed by atoms with E-state index in [4.69, 9.17) is 5.26 Å². The van der Waals surface area contributed by atoms with E-state index in [1.54, 1.807) is 12.1 Å². The molecule has 0 bridgehead atoms. The fourth-order valence-corrected chi connectivity index (χ4v) is 1.54. The Morgan fingerprint density at radius 1 is 1.53 bits per heavy atom. The molecule has 0 saturated carbocycles. The van der Waals surface area contributed by atoms with Gasteiger partial charge in [-0.25, -0.2) is 4.39 Å². The van der Waals surface area contributed by atoms with Crippen molar-refractivity contribution in [1.29, 1.82) is 5.26 Å². The van der Waals surface area contributed by atoms with Crippen LogP contribution in [0.3, 0.4) is 0 Å². The Labute approximate surface area is 103 Å². The van der Waals surface area contributed by atoms with Gasteiger partial charge < -0.3 is 5.32 Å². The summed E-state index contributed by atoms with van der Waals surface area (Å²) in [6.45, 7) is 0. The van der Waals surface area contributed by atoms with Crippen molar-refractivity contribution in [3.05, 3.63) is 26.9 Å². The van der Waals surface area contributed by atoms with Crippen LogP contribution in [0.4, 0.5) is 10.1 Å². The van der Waals surface area contributed by atoms with Gasteiger partial charge in [0.2, 0.25) is 5.91 Å². The molecule has 78 valence electrons. The van der Waals surface area contributed by atoms with E-state index in [2.05, 4.69) is 37.2 Å². The SMILES string of the molecule is N#CCC(=O)Nc1ccc(Br)c(Br)c1F. The van der Waals surface area contributed by atoms with Gasteiger partial charge in [0.15, 0.2) is 5.82 Å². The summed E-state index contributed by atoms with van der Waals surface area (Å²) in [7, 11) is 0. The molecule has 0 saturated heterocycles. The molecule has 1 aromatic carbocycles. The molecular formula is C9H5Br2FN2O. The molecule has 0 spiro atoms. The minimum Gasteiger partial charge on any atom is -0.323 e. The van der Waals surface area contributed by atoms with E-state index in [-0.39, 0.29) is 16.6 Å². The molecule has 0 aromatic heterocycles. The van der Waals surface area contributed by atoms with E-state index in [1.165, 1.54) is 6.07 Å². The highest BCUT2D eigenvalue weighted by Gasteiger charge is 2.11. The van der Waals surface area contributed by atoms with Gasteiger partial charge in [0, 0.05) is 4.47 Å². The fraction of sp³-hybridized carbons (Fsp3) is 0.111. The van der Waals surface area contributed by atoms with Crippen LogP contribution in [0.5, 0.6) is 0 Å². The van der Waals surface area contributed by atoms with Crippen LogP contribution in [0.15, 0.2) is 21.1 Å². The van der Waals surface area contributed by atoms with Crippen LogP contribution in [0.2, 0.25) is 0 Å². The van der Waals surface area contributed by atoms with Crippen molar-refractivity contribution in [2.24, 2.45) is 0 Å². The number of hydrogen-bond acceptors (Lipinski definition) is 2. The molecule has 0 radical (unpaired) electrons. The van der Waals surface area contributed by atoms with Gasteiger partial charge in [-0.05, 0) is 44.0 Å². The van der Waals surface area contributed by atoms with Crippen LogP contribution >= 0.6 is 31.9 Å². The van der Waals surface area contributed by atoms with E-state index in [9.17, 15) is 9.18 Å². The first kappa shape index (κ1) is 12.1. The molecule has 1 N–H and O–H groups in total. The number of amides is 1. The first-order chi connectivity index (χ1) is 7.06. The predicted octanol–water partition coefficient (Wildman–Crippen LogP) is 3.20. The zero-order valence-corrected chi connectivity index (χ0v) is 10.5. The second-order valence-corrected chi connectivity index (χ2v) is 4.25. The van der Waals surface area contributed by atoms with Crippen LogP contribution < -0.4 is 5.32 Å². The van der Waals surface area contributed by atoms with Gasteiger partial charge in [-0.3, -0.25) is 4.79 Å². The van der Waals surface area contributed by atoms with Crippen molar-refractivity contribution >= 4 is 43.5 Å². The molecule has 3 nitrogen and oxygen atoms in total. The Bertz CT molecular complexity index is 442. The second kappa shape index (κ2) is 5.24. The molecule has 1 aromatic rings. The maximum atomic E-state index is 13.5. The number of carbonyl (C=O) groups is 1. The maximum Gasteiger partial charge on any atom is 0.238 e. The number of rotatable bonds is 2. The molecule has 1 rings (SSSR count). The number of benzene rings is 1. The Morgan fingerprint density at radius 3 is 2.80 bits per heavy atom. The molecule has 0 heterocycles. The van der Waals surface area contributed by atoms with E-state index >= 15 is 0 Å². The Kier molecular flexibility index (Phi) is 4.24. The summed E-state index contributed by atoms with van der Waals surface area (Å²) in [5.74, 6) is -1.11. The summed E-state index contributed by atoms with van der Waals surface area (Å²) in [5, 5.41) is 10.6. The third-order valence-corrected chi connectivity index (χ3v) is 3.52. The predicted molar refractivity (Wildman–Crippen MR) is 60.7 cm³/mol. The number of nitrogens with zero attached hydrogens (tertiary/aromatic N) is 1. The summed E-state index contributed by atoms with van der Waals surface area (Å²) >= 11 is 6.15. The second-order valence-electron chi connectivity index (χ2n) is 2.61. The van der Waals surface area contributed by atoms with Gasteiger partial charge in [-0.2, -0.15) is 5.26 Å². The zero-order valence-electron chi connectivity index (χ0n) is 7.35. The van der Waals surface area contributed by atoms with Crippen molar-refractivity contribution in [3.8, 4) is 6.07 Å². The van der Waals surface area contributed by atoms with Crippen LogP contribution in [0, 0.1) is 17.1 Å². The lowest BCUT2D eigenvalue weighted by Crippen LogP contribution is -2.11. The number of halogens is 3. The van der Waals surface area contributed by atoms with Crippen LogP contribution in [-0.4, -0.2) is 5.91 Å². The summed E-state index contributed by atoms with van der Waals surface area (Å²) in [4.78, 5) is 11.0. The van der Waals surface area contributed by atoms with Crippen molar-refractivity contribution in [3.63, 3.8) is 0 Å². The van der Waals surface area contributed by atoms with Crippen molar-refractivity contribution < 1.29 is 9.18 Å². The summed E-state index contributed by atoms with van der Waals surface area (Å²) in [6, 6.07) is 4.69. The van der Waals surface area contributed by atoms with Crippen molar-refractivity contribution in [2.75, 3.05) is 5.32 Å². The smallest absolute Gasteiger partial charge is 0.238 e. The van der Waals surface area contributed by atoms with Gasteiger partial charge in [-0.1, -0.05) is 0 Å². The third kappa shape index (κ3) is 3.01. The summed E-state index contributed by atoms with van der Waals surface area (Å²) in [5.41, 5.74) is 0.0466. The van der Waals surface area contributed by atoms with Gasteiger partial charge in [0.25, 0.3) is 0 Å². The highest BCUT2D eigenvalue weighted by molar-refractivity contribution is 9.13. The molecule has 15 heavy (non-hydrogen) atoms. The van der Waals surface area contributed by atoms with Gasteiger partial charge in [0.05, 0.1) is 16.2 Å². The highest BCUT2D eigenvalue weighted by atomic mass is 79.9. The maximum absolute atomic E-state index is 13.5. The molecule has 0 aliphatic carbocycles. The van der Waals surface area contributed by atoms with Gasteiger partial charge >= 0.3 is 0 Å². The van der Waals surface area contributed by atoms with E-state index in [0.717, 1.165) is 0 Å². The molecule has 6 heteroatoms. The number of carbonyl (C=O) groups excluding carboxylic acids is 1.